The molecule has 2 rings (SSSR count). The average molecular weight is 302 g/mol. The van der Waals surface area contributed by atoms with Crippen molar-refractivity contribution in [3.05, 3.63) is 47.3 Å². The number of likely N-dealkylation sites (N-methyl/N-ethyl adjacent to an activating group) is 1. The fourth-order valence-corrected chi connectivity index (χ4v) is 1.91. The first kappa shape index (κ1) is 16.0. The van der Waals surface area contributed by atoms with Gasteiger partial charge in [0.2, 0.25) is 0 Å². The van der Waals surface area contributed by atoms with Crippen molar-refractivity contribution < 1.29 is 9.53 Å². The van der Waals surface area contributed by atoms with Crippen LogP contribution in [0, 0.1) is 6.92 Å². The lowest BCUT2D eigenvalue weighted by Crippen LogP contribution is -2.27. The maximum atomic E-state index is 11.5. The quantitative estimate of drug-likeness (QED) is 0.812. The third-order valence-electron chi connectivity index (χ3n) is 3.34. The molecule has 0 fully saturated rings. The van der Waals surface area contributed by atoms with Gasteiger partial charge in [0, 0.05) is 38.4 Å². The third-order valence-corrected chi connectivity index (χ3v) is 3.34. The summed E-state index contributed by atoms with van der Waals surface area (Å²) in [6.07, 6.45) is 1.83. The zero-order valence-electron chi connectivity index (χ0n) is 13.2. The van der Waals surface area contributed by atoms with Crippen molar-refractivity contribution in [2.24, 2.45) is 0 Å². The van der Waals surface area contributed by atoms with Crippen molar-refractivity contribution in [2.45, 2.75) is 20.0 Å². The summed E-state index contributed by atoms with van der Waals surface area (Å²) in [5.41, 5.74) is 3.34. The first-order chi connectivity index (χ1) is 10.6. The molecule has 6 nitrogen and oxygen atoms in total. The van der Waals surface area contributed by atoms with Crippen LogP contribution in [-0.2, 0) is 17.9 Å². The number of amides is 1. The molecular formula is C16H22N4O2. The lowest BCUT2D eigenvalue weighted by molar-refractivity contribution is -0.130. The fraction of sp³-hybridized carbons (Fsp3) is 0.375. The molecule has 22 heavy (non-hydrogen) atoms. The van der Waals surface area contributed by atoms with Crippen LogP contribution in [0.2, 0.25) is 0 Å². The maximum absolute atomic E-state index is 11.5. The summed E-state index contributed by atoms with van der Waals surface area (Å²) in [5, 5.41) is 10.3. The highest BCUT2D eigenvalue weighted by Crippen LogP contribution is 2.13. The smallest absolute Gasteiger partial charge is 0.259 e. The van der Waals surface area contributed by atoms with Gasteiger partial charge in [-0.25, -0.2) is 0 Å². The van der Waals surface area contributed by atoms with Gasteiger partial charge in [-0.1, -0.05) is 12.1 Å². The highest BCUT2D eigenvalue weighted by molar-refractivity contribution is 5.77. The van der Waals surface area contributed by atoms with E-state index in [1.807, 2.05) is 37.4 Å². The van der Waals surface area contributed by atoms with Crippen LogP contribution in [0.1, 0.15) is 16.8 Å². The second-order valence-corrected chi connectivity index (χ2v) is 5.35. The molecule has 1 amide bonds. The molecule has 2 N–H and O–H groups in total. The van der Waals surface area contributed by atoms with E-state index in [0.717, 1.165) is 29.9 Å². The summed E-state index contributed by atoms with van der Waals surface area (Å²) >= 11 is 0. The summed E-state index contributed by atoms with van der Waals surface area (Å²) < 4.78 is 5.51. The zero-order valence-corrected chi connectivity index (χ0v) is 13.2. The van der Waals surface area contributed by atoms with Crippen molar-refractivity contribution in [3.8, 4) is 5.75 Å². The minimum absolute atomic E-state index is 0.0537. The molecule has 0 atom stereocenters. The summed E-state index contributed by atoms with van der Waals surface area (Å²) in [4.78, 5) is 13.0. The molecular weight excluding hydrogens is 280 g/mol. The molecule has 0 spiro atoms. The van der Waals surface area contributed by atoms with Crippen molar-refractivity contribution in [2.75, 3.05) is 20.7 Å². The topological polar surface area (TPSA) is 70.2 Å². The number of hydrogen-bond acceptors (Lipinski definition) is 4. The number of carbonyl (C=O) groups excluding carboxylic acids is 1. The van der Waals surface area contributed by atoms with Crippen LogP contribution in [0.4, 0.5) is 0 Å². The van der Waals surface area contributed by atoms with E-state index in [2.05, 4.69) is 15.5 Å². The second-order valence-electron chi connectivity index (χ2n) is 5.35. The van der Waals surface area contributed by atoms with Gasteiger partial charge in [0.25, 0.3) is 5.91 Å². The lowest BCUT2D eigenvalue weighted by Gasteiger charge is -2.12. The summed E-state index contributed by atoms with van der Waals surface area (Å²) in [5.74, 6) is 0.646. The molecule has 0 radical (unpaired) electrons. The molecule has 0 aliphatic carbocycles. The standard InChI is InChI=1S/C16H22N4O2/c1-12-14(10-18-19-12)9-17-8-13-5-4-6-15(7-13)22-11-16(21)20(2)3/h4-7,10,17H,8-9,11H2,1-3H3,(H,18,19). The number of aromatic amines is 1. The second kappa shape index (κ2) is 7.61. The van der Waals surface area contributed by atoms with E-state index < -0.39 is 0 Å². The van der Waals surface area contributed by atoms with Crippen LogP contribution in [0.25, 0.3) is 0 Å². The zero-order chi connectivity index (χ0) is 15.9. The Bertz CT molecular complexity index is 622. The number of rotatable bonds is 7. The Hall–Kier alpha value is -2.34. The van der Waals surface area contributed by atoms with E-state index in [9.17, 15) is 4.79 Å². The van der Waals surface area contributed by atoms with Crippen LogP contribution >= 0.6 is 0 Å². The molecule has 0 unspecified atom stereocenters. The van der Waals surface area contributed by atoms with Gasteiger partial charge in [0.05, 0.1) is 6.20 Å². The summed E-state index contributed by atoms with van der Waals surface area (Å²) in [6, 6.07) is 7.75. The number of nitrogens with zero attached hydrogens (tertiary/aromatic N) is 2. The van der Waals surface area contributed by atoms with E-state index in [0.29, 0.717) is 5.75 Å². The Balaban J connectivity index is 1.83. The molecule has 1 heterocycles. The molecule has 0 bridgehead atoms. The van der Waals surface area contributed by atoms with Crippen LogP contribution in [0.5, 0.6) is 5.75 Å². The molecule has 2 aromatic rings. The van der Waals surface area contributed by atoms with Crippen molar-refractivity contribution in [1.82, 2.24) is 20.4 Å². The van der Waals surface area contributed by atoms with E-state index in [1.165, 1.54) is 4.90 Å². The summed E-state index contributed by atoms with van der Waals surface area (Å²) in [7, 11) is 3.42. The average Bonchev–Trinajstić information content (AvgIpc) is 2.90. The molecule has 1 aromatic heterocycles. The lowest BCUT2D eigenvalue weighted by atomic mass is 10.2. The number of nitrogens with one attached hydrogen (secondary N) is 2. The van der Waals surface area contributed by atoms with Gasteiger partial charge in [-0.05, 0) is 24.6 Å². The Morgan fingerprint density at radius 1 is 1.36 bits per heavy atom. The molecule has 0 aliphatic heterocycles. The van der Waals surface area contributed by atoms with Gasteiger partial charge in [-0.3, -0.25) is 9.89 Å². The SMILES string of the molecule is Cc1[nH]ncc1CNCc1cccc(OCC(=O)N(C)C)c1. The number of carbonyl (C=O) groups is 1. The third kappa shape index (κ3) is 4.60. The van der Waals surface area contributed by atoms with Crippen molar-refractivity contribution in [3.63, 3.8) is 0 Å². The molecule has 0 saturated heterocycles. The largest absolute Gasteiger partial charge is 0.484 e. The number of benzene rings is 1. The van der Waals surface area contributed by atoms with Crippen molar-refractivity contribution >= 4 is 5.91 Å². The molecule has 1 aromatic carbocycles. The molecule has 0 saturated carbocycles. The Labute approximate surface area is 130 Å². The van der Waals surface area contributed by atoms with E-state index in [4.69, 9.17) is 4.74 Å². The number of hydrogen-bond donors (Lipinski definition) is 2. The predicted octanol–water partition coefficient (Wildman–Crippen LogP) is 1.47. The number of aromatic nitrogens is 2. The van der Waals surface area contributed by atoms with Crippen LogP contribution in [0.15, 0.2) is 30.5 Å². The van der Waals surface area contributed by atoms with Crippen molar-refractivity contribution in [1.29, 1.82) is 0 Å². The fourth-order valence-electron chi connectivity index (χ4n) is 1.91. The van der Waals surface area contributed by atoms with Gasteiger partial charge in [-0.2, -0.15) is 5.10 Å². The predicted molar refractivity (Wildman–Crippen MR) is 84.5 cm³/mol. The Morgan fingerprint density at radius 2 is 2.18 bits per heavy atom. The molecule has 6 heteroatoms. The van der Waals surface area contributed by atoms with E-state index >= 15 is 0 Å². The van der Waals surface area contributed by atoms with Gasteiger partial charge >= 0.3 is 0 Å². The van der Waals surface area contributed by atoms with Gasteiger partial charge in [0.15, 0.2) is 6.61 Å². The number of aryl methyl sites for hydroxylation is 1. The van der Waals surface area contributed by atoms with Gasteiger partial charge < -0.3 is 15.0 Å². The van der Waals surface area contributed by atoms with Crippen LogP contribution in [0.3, 0.4) is 0 Å². The first-order valence-electron chi connectivity index (χ1n) is 7.17. The summed E-state index contributed by atoms with van der Waals surface area (Å²) in [6.45, 7) is 3.54. The van der Waals surface area contributed by atoms with Crippen LogP contribution in [-0.4, -0.2) is 41.7 Å². The normalized spacial score (nSPS) is 10.5. The highest BCUT2D eigenvalue weighted by Gasteiger charge is 2.05. The van der Waals surface area contributed by atoms with E-state index in [1.54, 1.807) is 14.1 Å². The maximum Gasteiger partial charge on any atom is 0.259 e. The first-order valence-corrected chi connectivity index (χ1v) is 7.17. The Kier molecular flexibility index (Phi) is 5.55. The van der Waals surface area contributed by atoms with Gasteiger partial charge in [0.1, 0.15) is 5.75 Å². The van der Waals surface area contributed by atoms with Gasteiger partial charge in [-0.15, -0.1) is 0 Å². The number of H-pyrrole nitrogens is 1. The highest BCUT2D eigenvalue weighted by atomic mass is 16.5. The minimum Gasteiger partial charge on any atom is -0.484 e. The molecule has 0 aliphatic rings. The number of ether oxygens (including phenoxy) is 1. The Morgan fingerprint density at radius 3 is 2.86 bits per heavy atom. The molecule has 118 valence electrons. The van der Waals surface area contributed by atoms with Crippen LogP contribution < -0.4 is 10.1 Å². The van der Waals surface area contributed by atoms with E-state index in [-0.39, 0.29) is 12.5 Å². The monoisotopic (exact) mass is 302 g/mol. The minimum atomic E-state index is -0.0565.